The normalized spacial score (nSPS) is 12.6. The minimum atomic E-state index is -0.313. The molecule has 0 aliphatic heterocycles. The van der Waals surface area contributed by atoms with E-state index in [2.05, 4.69) is 20.5 Å². The summed E-state index contributed by atoms with van der Waals surface area (Å²) in [6.45, 7) is 4.68. The largest absolute Gasteiger partial charge is 0.305 e. The van der Waals surface area contributed by atoms with Gasteiger partial charge >= 0.3 is 0 Å². The van der Waals surface area contributed by atoms with Crippen molar-refractivity contribution in [3.05, 3.63) is 47.3 Å². The molecule has 1 unspecified atom stereocenters. The molecule has 2 N–H and O–H groups in total. The number of pyridine rings is 1. The molecule has 0 saturated carbocycles. The van der Waals surface area contributed by atoms with Crippen LogP contribution in [-0.2, 0) is 6.54 Å². The third-order valence-electron chi connectivity index (χ3n) is 2.73. The second-order valence-electron chi connectivity index (χ2n) is 4.02. The van der Waals surface area contributed by atoms with Crippen LogP contribution in [0.1, 0.15) is 29.9 Å². The van der Waals surface area contributed by atoms with Gasteiger partial charge in [-0.2, -0.15) is 5.10 Å². The molecule has 90 valence electrons. The summed E-state index contributed by atoms with van der Waals surface area (Å²) in [7, 11) is 0. The van der Waals surface area contributed by atoms with Crippen LogP contribution >= 0.6 is 0 Å². The number of hydrogen-bond acceptors (Lipinski definition) is 3. The average Bonchev–Trinajstić information content (AvgIpc) is 2.73. The third-order valence-corrected chi connectivity index (χ3v) is 2.73. The second-order valence-corrected chi connectivity index (χ2v) is 4.02. The van der Waals surface area contributed by atoms with Crippen LogP contribution in [-0.4, -0.2) is 15.2 Å². The van der Waals surface area contributed by atoms with Crippen molar-refractivity contribution in [2.75, 3.05) is 0 Å². The first-order chi connectivity index (χ1) is 8.16. The highest BCUT2D eigenvalue weighted by molar-refractivity contribution is 5.15. The smallest absolute Gasteiger partial charge is 0.141 e. The highest BCUT2D eigenvalue weighted by Gasteiger charge is 2.07. The maximum Gasteiger partial charge on any atom is 0.141 e. The van der Waals surface area contributed by atoms with E-state index in [1.807, 2.05) is 13.8 Å². The fourth-order valence-corrected chi connectivity index (χ4v) is 1.56. The van der Waals surface area contributed by atoms with E-state index in [4.69, 9.17) is 0 Å². The van der Waals surface area contributed by atoms with E-state index in [1.54, 1.807) is 12.3 Å². The van der Waals surface area contributed by atoms with Crippen LogP contribution in [0.5, 0.6) is 0 Å². The van der Waals surface area contributed by atoms with Gasteiger partial charge in [-0.15, -0.1) is 0 Å². The van der Waals surface area contributed by atoms with Crippen molar-refractivity contribution >= 4 is 0 Å². The number of aryl methyl sites for hydroxylation is 1. The zero-order valence-corrected chi connectivity index (χ0v) is 9.87. The molecule has 2 rings (SSSR count). The molecular weight excluding hydrogens is 219 g/mol. The van der Waals surface area contributed by atoms with Crippen molar-refractivity contribution in [3.8, 4) is 0 Å². The quantitative estimate of drug-likeness (QED) is 0.851. The van der Waals surface area contributed by atoms with Crippen molar-refractivity contribution in [1.29, 1.82) is 0 Å². The Kier molecular flexibility index (Phi) is 3.49. The van der Waals surface area contributed by atoms with E-state index < -0.39 is 0 Å². The van der Waals surface area contributed by atoms with E-state index in [1.165, 1.54) is 12.3 Å². The van der Waals surface area contributed by atoms with Gasteiger partial charge in [0.2, 0.25) is 0 Å². The fourth-order valence-electron chi connectivity index (χ4n) is 1.56. The maximum atomic E-state index is 12.7. The van der Waals surface area contributed by atoms with Gasteiger partial charge in [-0.25, -0.2) is 4.39 Å². The van der Waals surface area contributed by atoms with E-state index in [0.717, 1.165) is 17.0 Å². The lowest BCUT2D eigenvalue weighted by atomic mass is 10.2. The van der Waals surface area contributed by atoms with Gasteiger partial charge < -0.3 is 5.32 Å². The standard InChI is InChI=1S/C12H15FN4/c1-8-10(6-16-17-8)5-14-9(2)12-4-3-11(13)7-15-12/h3-4,6-7,9,14H,5H2,1-2H3,(H,16,17). The number of nitrogens with one attached hydrogen (secondary N) is 2. The molecule has 4 nitrogen and oxygen atoms in total. The van der Waals surface area contributed by atoms with E-state index in [-0.39, 0.29) is 11.9 Å². The summed E-state index contributed by atoms with van der Waals surface area (Å²) in [4.78, 5) is 4.04. The van der Waals surface area contributed by atoms with Crippen molar-refractivity contribution in [1.82, 2.24) is 20.5 Å². The second kappa shape index (κ2) is 5.05. The van der Waals surface area contributed by atoms with Gasteiger partial charge in [0.1, 0.15) is 5.82 Å². The van der Waals surface area contributed by atoms with Gasteiger partial charge in [0, 0.05) is 23.8 Å². The zero-order valence-electron chi connectivity index (χ0n) is 9.87. The summed E-state index contributed by atoms with van der Waals surface area (Å²) < 4.78 is 12.7. The number of aromatic nitrogens is 3. The summed E-state index contributed by atoms with van der Waals surface area (Å²) >= 11 is 0. The Morgan fingerprint density at radius 3 is 2.82 bits per heavy atom. The molecule has 0 aliphatic rings. The molecule has 0 aromatic carbocycles. The fraction of sp³-hybridized carbons (Fsp3) is 0.333. The molecule has 0 radical (unpaired) electrons. The first kappa shape index (κ1) is 11.7. The van der Waals surface area contributed by atoms with Gasteiger partial charge in [-0.3, -0.25) is 10.1 Å². The molecule has 0 spiro atoms. The van der Waals surface area contributed by atoms with Crippen LogP contribution < -0.4 is 5.32 Å². The molecule has 5 heteroatoms. The molecule has 2 heterocycles. The summed E-state index contributed by atoms with van der Waals surface area (Å²) in [5.41, 5.74) is 3.00. The Morgan fingerprint density at radius 2 is 2.24 bits per heavy atom. The van der Waals surface area contributed by atoms with Crippen molar-refractivity contribution in [2.24, 2.45) is 0 Å². The van der Waals surface area contributed by atoms with Gasteiger partial charge in [0.25, 0.3) is 0 Å². The van der Waals surface area contributed by atoms with Gasteiger partial charge in [-0.05, 0) is 26.0 Å². The van der Waals surface area contributed by atoms with Crippen LogP contribution in [0.15, 0.2) is 24.5 Å². The van der Waals surface area contributed by atoms with Crippen LogP contribution in [0.25, 0.3) is 0 Å². The lowest BCUT2D eigenvalue weighted by Crippen LogP contribution is -2.19. The van der Waals surface area contributed by atoms with Gasteiger partial charge in [-0.1, -0.05) is 0 Å². The van der Waals surface area contributed by atoms with E-state index in [0.29, 0.717) is 6.54 Å². The molecule has 0 fully saturated rings. The predicted octanol–water partition coefficient (Wildman–Crippen LogP) is 2.10. The third kappa shape index (κ3) is 2.88. The molecule has 17 heavy (non-hydrogen) atoms. The molecule has 2 aromatic heterocycles. The Labute approximate surface area is 99.3 Å². The van der Waals surface area contributed by atoms with Crippen LogP contribution in [0.4, 0.5) is 4.39 Å². The van der Waals surface area contributed by atoms with E-state index in [9.17, 15) is 4.39 Å². The number of hydrogen-bond donors (Lipinski definition) is 2. The minimum absolute atomic E-state index is 0.0740. The molecule has 0 bridgehead atoms. The summed E-state index contributed by atoms with van der Waals surface area (Å²) in [6, 6.07) is 3.18. The summed E-state index contributed by atoms with van der Waals surface area (Å²) in [5, 5.41) is 10.2. The van der Waals surface area contributed by atoms with Crippen LogP contribution in [0, 0.1) is 12.7 Å². The average molecular weight is 234 g/mol. The van der Waals surface area contributed by atoms with Crippen LogP contribution in [0.2, 0.25) is 0 Å². The van der Waals surface area contributed by atoms with Crippen molar-refractivity contribution in [2.45, 2.75) is 26.4 Å². The lowest BCUT2D eigenvalue weighted by molar-refractivity contribution is 0.553. The molecule has 0 amide bonds. The maximum absolute atomic E-state index is 12.7. The highest BCUT2D eigenvalue weighted by atomic mass is 19.1. The molecule has 2 aromatic rings. The zero-order chi connectivity index (χ0) is 12.3. The topological polar surface area (TPSA) is 53.6 Å². The SMILES string of the molecule is Cc1[nH]ncc1CNC(C)c1ccc(F)cn1. The molecule has 0 aliphatic carbocycles. The predicted molar refractivity (Wildman–Crippen MR) is 62.8 cm³/mol. The first-order valence-electron chi connectivity index (χ1n) is 5.50. The first-order valence-corrected chi connectivity index (χ1v) is 5.50. The summed E-state index contributed by atoms with van der Waals surface area (Å²) in [6.07, 6.45) is 3.03. The van der Waals surface area contributed by atoms with Gasteiger partial charge in [0.15, 0.2) is 0 Å². The van der Waals surface area contributed by atoms with Crippen molar-refractivity contribution < 1.29 is 4.39 Å². The molecular formula is C12H15FN4. The minimum Gasteiger partial charge on any atom is -0.305 e. The lowest BCUT2D eigenvalue weighted by Gasteiger charge is -2.12. The number of aromatic amines is 1. The Balaban J connectivity index is 1.95. The van der Waals surface area contributed by atoms with Crippen LogP contribution in [0.3, 0.4) is 0 Å². The summed E-state index contributed by atoms with van der Waals surface area (Å²) in [5.74, 6) is -0.313. The van der Waals surface area contributed by atoms with Crippen molar-refractivity contribution in [3.63, 3.8) is 0 Å². The number of H-pyrrole nitrogens is 1. The van der Waals surface area contributed by atoms with Gasteiger partial charge in [0.05, 0.1) is 18.1 Å². The molecule has 0 saturated heterocycles. The van der Waals surface area contributed by atoms with E-state index >= 15 is 0 Å². The number of rotatable bonds is 4. The number of halogens is 1. The monoisotopic (exact) mass is 234 g/mol. The Hall–Kier alpha value is -1.75. The Morgan fingerprint density at radius 1 is 1.41 bits per heavy atom. The molecule has 1 atom stereocenters. The Bertz CT molecular complexity index is 478. The highest BCUT2D eigenvalue weighted by Crippen LogP contribution is 2.11. The number of nitrogens with zero attached hydrogens (tertiary/aromatic N) is 2.